The molecule has 0 unspecified atom stereocenters. The molecule has 0 aliphatic carbocycles. The summed E-state index contributed by atoms with van der Waals surface area (Å²) in [7, 11) is 0. The first-order valence-electron chi connectivity index (χ1n) is 4.75. The fourth-order valence-electron chi connectivity index (χ4n) is 1.64. The van der Waals surface area contributed by atoms with Gasteiger partial charge < -0.3 is 16.4 Å². The van der Waals surface area contributed by atoms with Crippen LogP contribution in [0.4, 0.5) is 4.79 Å². The van der Waals surface area contributed by atoms with Crippen LogP contribution >= 0.6 is 0 Å². The van der Waals surface area contributed by atoms with Crippen molar-refractivity contribution < 1.29 is 9.59 Å². The maximum atomic E-state index is 10.8. The number of carbonyl (C=O) groups excluding carboxylic acids is 2. The second kappa shape index (κ2) is 4.83. The molecule has 0 aromatic rings. The van der Waals surface area contributed by atoms with Gasteiger partial charge in [0.1, 0.15) is 0 Å². The zero-order valence-electron chi connectivity index (χ0n) is 8.11. The van der Waals surface area contributed by atoms with Crippen molar-refractivity contribution in [2.45, 2.75) is 19.3 Å². The number of likely N-dealkylation sites (tertiary alicyclic amines) is 1. The number of nitrogens with two attached hydrogens (primary N) is 2. The molecule has 0 saturated carbocycles. The molecule has 3 amide bonds. The van der Waals surface area contributed by atoms with Crippen molar-refractivity contribution in [3.05, 3.63) is 6.42 Å². The molecule has 1 saturated heterocycles. The lowest BCUT2D eigenvalue weighted by Gasteiger charge is -2.30. The van der Waals surface area contributed by atoms with Crippen LogP contribution in [0.3, 0.4) is 0 Å². The van der Waals surface area contributed by atoms with Gasteiger partial charge in [-0.25, -0.2) is 4.79 Å². The van der Waals surface area contributed by atoms with E-state index < -0.39 is 0 Å². The minimum Gasteiger partial charge on any atom is -0.370 e. The van der Waals surface area contributed by atoms with E-state index in [1.807, 2.05) is 6.42 Å². The number of carbonyl (C=O) groups is 2. The van der Waals surface area contributed by atoms with E-state index in [2.05, 4.69) is 0 Å². The fraction of sp³-hybridized carbons (Fsp3) is 0.667. The number of hydrogen-bond donors (Lipinski definition) is 2. The molecule has 1 fully saturated rings. The molecule has 1 aliphatic rings. The molecule has 4 N–H and O–H groups in total. The van der Waals surface area contributed by atoms with E-state index in [0.717, 1.165) is 12.8 Å². The van der Waals surface area contributed by atoms with Crippen LogP contribution < -0.4 is 11.5 Å². The van der Waals surface area contributed by atoms with Crippen molar-refractivity contribution in [1.82, 2.24) is 4.90 Å². The first-order chi connectivity index (χ1) is 6.59. The molecule has 5 nitrogen and oxygen atoms in total. The number of urea groups is 1. The number of piperidine rings is 1. The molecule has 1 radical (unpaired) electrons. The summed E-state index contributed by atoms with van der Waals surface area (Å²) in [5.41, 5.74) is 10.2. The van der Waals surface area contributed by atoms with Crippen molar-refractivity contribution in [1.29, 1.82) is 0 Å². The summed E-state index contributed by atoms with van der Waals surface area (Å²) < 4.78 is 0. The largest absolute Gasteiger partial charge is 0.370 e. The van der Waals surface area contributed by atoms with Crippen LogP contribution in [0.5, 0.6) is 0 Å². The van der Waals surface area contributed by atoms with E-state index in [1.54, 1.807) is 4.90 Å². The fourth-order valence-corrected chi connectivity index (χ4v) is 1.64. The van der Waals surface area contributed by atoms with Crippen LogP contribution in [0.15, 0.2) is 0 Å². The third kappa shape index (κ3) is 3.24. The smallest absolute Gasteiger partial charge is 0.314 e. The Kier molecular flexibility index (Phi) is 3.73. The molecule has 0 atom stereocenters. The molecule has 0 spiro atoms. The van der Waals surface area contributed by atoms with Crippen LogP contribution in [-0.2, 0) is 4.79 Å². The zero-order chi connectivity index (χ0) is 10.6. The highest BCUT2D eigenvalue weighted by Crippen LogP contribution is 2.20. The van der Waals surface area contributed by atoms with E-state index in [1.165, 1.54) is 0 Å². The number of amides is 3. The Labute approximate surface area is 83.4 Å². The summed E-state index contributed by atoms with van der Waals surface area (Å²) in [6.45, 7) is 1.35. The van der Waals surface area contributed by atoms with Crippen LogP contribution in [0.2, 0.25) is 0 Å². The lowest BCUT2D eigenvalue weighted by atomic mass is 9.92. The molecule has 1 rings (SSSR count). The molecule has 79 valence electrons. The van der Waals surface area contributed by atoms with Gasteiger partial charge in [-0.2, -0.15) is 0 Å². The number of rotatable bonds is 3. The predicted molar refractivity (Wildman–Crippen MR) is 52.0 cm³/mol. The molecule has 0 aromatic carbocycles. The van der Waals surface area contributed by atoms with Crippen LogP contribution in [-0.4, -0.2) is 29.9 Å². The van der Waals surface area contributed by atoms with Gasteiger partial charge in [-0.05, 0) is 25.2 Å². The monoisotopic (exact) mass is 198 g/mol. The van der Waals surface area contributed by atoms with Gasteiger partial charge in [0.05, 0.1) is 0 Å². The Hall–Kier alpha value is -1.26. The quantitative estimate of drug-likeness (QED) is 0.660. The van der Waals surface area contributed by atoms with Gasteiger partial charge >= 0.3 is 6.03 Å². The first-order valence-corrected chi connectivity index (χ1v) is 4.75. The Morgan fingerprint density at radius 2 is 1.86 bits per heavy atom. The normalized spacial score (nSPS) is 18.1. The van der Waals surface area contributed by atoms with Gasteiger partial charge in [0.25, 0.3) is 0 Å². The minimum atomic E-state index is -0.363. The Morgan fingerprint density at radius 3 is 2.29 bits per heavy atom. The second-order valence-electron chi connectivity index (χ2n) is 3.57. The summed E-state index contributed by atoms with van der Waals surface area (Å²) in [4.78, 5) is 22.9. The highest BCUT2D eigenvalue weighted by molar-refractivity contribution is 5.75. The molecule has 1 aliphatic heterocycles. The molecule has 14 heavy (non-hydrogen) atoms. The average Bonchev–Trinajstić information content (AvgIpc) is 2.15. The lowest BCUT2D eigenvalue weighted by Crippen LogP contribution is -2.41. The summed E-state index contributed by atoms with van der Waals surface area (Å²) >= 11 is 0. The van der Waals surface area contributed by atoms with Crippen molar-refractivity contribution in [3.63, 3.8) is 0 Å². The average molecular weight is 198 g/mol. The van der Waals surface area contributed by atoms with E-state index in [-0.39, 0.29) is 11.9 Å². The standard InChI is InChI=1S/C9H16N3O2/c10-8(13)2-1-7-3-5-12(6-4-7)9(11)14/h1,7H,2-6H2,(H2,10,13)(H2,11,14). The van der Waals surface area contributed by atoms with Crippen molar-refractivity contribution in [2.24, 2.45) is 17.4 Å². The van der Waals surface area contributed by atoms with E-state index >= 15 is 0 Å². The van der Waals surface area contributed by atoms with Gasteiger partial charge in [-0.15, -0.1) is 0 Å². The Bertz CT molecular complexity index is 222. The summed E-state index contributed by atoms with van der Waals surface area (Å²) in [6.07, 6.45) is 3.99. The number of primary amides is 2. The number of hydrogen-bond acceptors (Lipinski definition) is 2. The molecule has 0 aromatic heterocycles. The Balaban J connectivity index is 2.22. The molecule has 1 heterocycles. The van der Waals surface area contributed by atoms with E-state index in [0.29, 0.717) is 25.4 Å². The molecular formula is C9H16N3O2. The van der Waals surface area contributed by atoms with Gasteiger partial charge in [0, 0.05) is 19.5 Å². The van der Waals surface area contributed by atoms with Gasteiger partial charge in [-0.1, -0.05) is 0 Å². The zero-order valence-corrected chi connectivity index (χ0v) is 8.11. The summed E-state index contributed by atoms with van der Waals surface area (Å²) in [6, 6.07) is -0.363. The number of nitrogens with zero attached hydrogens (tertiary/aromatic N) is 1. The van der Waals surface area contributed by atoms with Gasteiger partial charge in [0.2, 0.25) is 5.91 Å². The third-order valence-electron chi connectivity index (χ3n) is 2.50. The van der Waals surface area contributed by atoms with Crippen LogP contribution in [0.25, 0.3) is 0 Å². The first kappa shape index (κ1) is 10.8. The van der Waals surface area contributed by atoms with Crippen molar-refractivity contribution in [3.8, 4) is 0 Å². The summed E-state index contributed by atoms with van der Waals surface area (Å²) in [5.74, 6) is 0.0837. The maximum Gasteiger partial charge on any atom is 0.314 e. The highest BCUT2D eigenvalue weighted by Gasteiger charge is 2.21. The Morgan fingerprint density at radius 1 is 1.29 bits per heavy atom. The van der Waals surface area contributed by atoms with Crippen LogP contribution in [0.1, 0.15) is 19.3 Å². The van der Waals surface area contributed by atoms with Gasteiger partial charge in [-0.3, -0.25) is 4.79 Å². The molecule has 0 bridgehead atoms. The van der Waals surface area contributed by atoms with Gasteiger partial charge in [0.15, 0.2) is 0 Å². The lowest BCUT2D eigenvalue weighted by molar-refractivity contribution is -0.117. The third-order valence-corrected chi connectivity index (χ3v) is 2.50. The minimum absolute atomic E-state index is 0.303. The SMILES string of the molecule is NC(=O)C[CH]C1CCN(C(N)=O)CC1. The molecular weight excluding hydrogens is 182 g/mol. The van der Waals surface area contributed by atoms with E-state index in [4.69, 9.17) is 11.5 Å². The van der Waals surface area contributed by atoms with Crippen LogP contribution in [0, 0.1) is 12.3 Å². The summed E-state index contributed by atoms with van der Waals surface area (Å²) in [5, 5.41) is 0. The van der Waals surface area contributed by atoms with E-state index in [9.17, 15) is 9.59 Å². The topological polar surface area (TPSA) is 89.4 Å². The maximum absolute atomic E-state index is 10.8. The van der Waals surface area contributed by atoms with Crippen molar-refractivity contribution in [2.75, 3.05) is 13.1 Å². The predicted octanol–water partition coefficient (Wildman–Crippen LogP) is -0.143. The molecule has 5 heteroatoms. The highest BCUT2D eigenvalue weighted by atomic mass is 16.2. The second-order valence-corrected chi connectivity index (χ2v) is 3.57. The van der Waals surface area contributed by atoms with Crippen molar-refractivity contribution >= 4 is 11.9 Å².